The molecule has 0 unspecified atom stereocenters. The van der Waals surface area contributed by atoms with Gasteiger partial charge in [0.15, 0.2) is 11.5 Å². The van der Waals surface area contributed by atoms with Crippen LogP contribution in [0.25, 0.3) is 16.8 Å². The quantitative estimate of drug-likeness (QED) is 0.479. The maximum absolute atomic E-state index is 5.73. The monoisotopic (exact) mass is 421 g/mol. The van der Waals surface area contributed by atoms with Crippen LogP contribution in [0.4, 0.5) is 5.69 Å². The molecular formula is C24H27N3O2S. The predicted molar refractivity (Wildman–Crippen MR) is 121 cm³/mol. The Morgan fingerprint density at radius 2 is 1.83 bits per heavy atom. The van der Waals surface area contributed by atoms with E-state index in [1.165, 1.54) is 50.0 Å². The highest BCUT2D eigenvalue weighted by molar-refractivity contribution is 7.98. The number of thioether (sulfide) groups is 1. The van der Waals surface area contributed by atoms with Crippen molar-refractivity contribution in [2.24, 2.45) is 11.8 Å². The van der Waals surface area contributed by atoms with Gasteiger partial charge in [-0.1, -0.05) is 6.07 Å². The highest BCUT2D eigenvalue weighted by atomic mass is 32.2. The van der Waals surface area contributed by atoms with Crippen molar-refractivity contribution in [2.45, 2.75) is 37.6 Å². The molecule has 2 aromatic heterocycles. The van der Waals surface area contributed by atoms with Gasteiger partial charge in [0.2, 0.25) is 6.79 Å². The molecule has 156 valence electrons. The third-order valence-corrected chi connectivity index (χ3v) is 7.19. The summed E-state index contributed by atoms with van der Waals surface area (Å²) in [6.45, 7) is 4.73. The lowest BCUT2D eigenvalue weighted by molar-refractivity contribution is 0.173. The highest BCUT2D eigenvalue weighted by Gasteiger charge is 2.32. The van der Waals surface area contributed by atoms with E-state index in [4.69, 9.17) is 14.6 Å². The van der Waals surface area contributed by atoms with Crippen LogP contribution in [0.5, 0.6) is 11.5 Å². The summed E-state index contributed by atoms with van der Waals surface area (Å²) >= 11 is 1.75. The summed E-state index contributed by atoms with van der Waals surface area (Å²) in [6, 6.07) is 10.7. The van der Waals surface area contributed by atoms with E-state index in [0.717, 1.165) is 45.2 Å². The van der Waals surface area contributed by atoms with Gasteiger partial charge in [-0.3, -0.25) is 0 Å². The molecule has 0 bridgehead atoms. The normalized spacial score (nSPS) is 17.7. The first-order valence-electron chi connectivity index (χ1n) is 10.9. The number of hydrogen-bond acceptors (Lipinski definition) is 5. The van der Waals surface area contributed by atoms with Crippen molar-refractivity contribution in [3.63, 3.8) is 0 Å². The molecule has 6 rings (SSSR count). The van der Waals surface area contributed by atoms with Gasteiger partial charge in [0.05, 0.1) is 16.9 Å². The van der Waals surface area contributed by atoms with Crippen molar-refractivity contribution in [3.8, 4) is 22.8 Å². The molecule has 3 aliphatic rings. The lowest BCUT2D eigenvalue weighted by Crippen LogP contribution is -2.28. The summed E-state index contributed by atoms with van der Waals surface area (Å²) in [6.07, 6.45) is 7.63. The first-order valence-corrected chi connectivity index (χ1v) is 12.2. The number of rotatable bonds is 7. The standard InChI is InChI=1S/C24H27N3O2S/c1-15-18(10-11-21-23(15)29-14-28-21)19-4-3-5-20-22(24(30-2)25-27(19)20)26(12-16-6-7-16)13-17-8-9-17/h3-5,10-11,16-17H,6-9,12-14H2,1-2H3. The van der Waals surface area contributed by atoms with Crippen molar-refractivity contribution in [1.82, 2.24) is 9.61 Å². The van der Waals surface area contributed by atoms with E-state index in [9.17, 15) is 0 Å². The van der Waals surface area contributed by atoms with Crippen molar-refractivity contribution >= 4 is 23.0 Å². The molecule has 0 atom stereocenters. The zero-order chi connectivity index (χ0) is 20.2. The Hall–Kier alpha value is -2.34. The van der Waals surface area contributed by atoms with Gasteiger partial charge in [-0.25, -0.2) is 4.52 Å². The molecule has 2 fully saturated rings. The minimum atomic E-state index is 0.295. The minimum absolute atomic E-state index is 0.295. The van der Waals surface area contributed by atoms with Crippen LogP contribution in [0.2, 0.25) is 0 Å². The summed E-state index contributed by atoms with van der Waals surface area (Å²) in [5.41, 5.74) is 5.87. The van der Waals surface area contributed by atoms with Gasteiger partial charge in [0.25, 0.3) is 0 Å². The Kier molecular flexibility index (Phi) is 4.37. The topological polar surface area (TPSA) is 39.0 Å². The van der Waals surface area contributed by atoms with Crippen LogP contribution in [0, 0.1) is 18.8 Å². The van der Waals surface area contributed by atoms with Gasteiger partial charge in [-0.05, 0) is 75.0 Å². The van der Waals surface area contributed by atoms with E-state index >= 15 is 0 Å². The summed E-state index contributed by atoms with van der Waals surface area (Å²) in [7, 11) is 0. The van der Waals surface area contributed by atoms with E-state index < -0.39 is 0 Å². The maximum Gasteiger partial charge on any atom is 0.231 e. The fraction of sp³-hybridized carbons (Fsp3) is 0.458. The molecule has 5 nitrogen and oxygen atoms in total. The SMILES string of the molecule is CSc1nn2c(-c3ccc4c(c3C)OCO4)cccc2c1N(CC1CC1)CC1CC1. The number of anilines is 1. The second kappa shape index (κ2) is 7.12. The Balaban J connectivity index is 1.49. The number of hydrogen-bond donors (Lipinski definition) is 0. The van der Waals surface area contributed by atoms with Crippen LogP contribution >= 0.6 is 11.8 Å². The molecule has 0 amide bonds. The number of pyridine rings is 1. The Labute approximate surface area is 181 Å². The third kappa shape index (κ3) is 3.13. The van der Waals surface area contributed by atoms with E-state index in [1.54, 1.807) is 11.8 Å². The summed E-state index contributed by atoms with van der Waals surface area (Å²) < 4.78 is 13.4. The predicted octanol–water partition coefficient (Wildman–Crippen LogP) is 5.39. The molecular weight excluding hydrogens is 394 g/mol. The molecule has 1 aliphatic heterocycles. The number of aromatic nitrogens is 2. The van der Waals surface area contributed by atoms with Crippen LogP contribution < -0.4 is 14.4 Å². The number of fused-ring (bicyclic) bond motifs is 2. The van der Waals surface area contributed by atoms with Crippen LogP contribution in [0.1, 0.15) is 31.2 Å². The Bertz CT molecular complexity index is 1100. The fourth-order valence-corrected chi connectivity index (χ4v) is 5.14. The molecule has 0 spiro atoms. The van der Waals surface area contributed by atoms with Gasteiger partial charge < -0.3 is 14.4 Å². The van der Waals surface area contributed by atoms with Gasteiger partial charge in [0.1, 0.15) is 5.03 Å². The van der Waals surface area contributed by atoms with E-state index in [1.807, 2.05) is 6.07 Å². The molecule has 2 aliphatic carbocycles. The summed E-state index contributed by atoms with van der Waals surface area (Å²) in [4.78, 5) is 2.64. The molecule has 30 heavy (non-hydrogen) atoms. The first kappa shape index (κ1) is 18.4. The molecule has 0 N–H and O–H groups in total. The maximum atomic E-state index is 5.73. The van der Waals surface area contributed by atoms with Gasteiger partial charge in [-0.15, -0.1) is 11.8 Å². The van der Waals surface area contributed by atoms with Gasteiger partial charge in [0, 0.05) is 24.2 Å². The zero-order valence-corrected chi connectivity index (χ0v) is 18.4. The minimum Gasteiger partial charge on any atom is -0.454 e. The van der Waals surface area contributed by atoms with Crippen LogP contribution in [0.15, 0.2) is 35.4 Å². The molecule has 1 aromatic carbocycles. The van der Waals surface area contributed by atoms with Gasteiger partial charge in [-0.2, -0.15) is 5.10 Å². The Morgan fingerprint density at radius 3 is 2.53 bits per heavy atom. The van der Waals surface area contributed by atoms with Crippen LogP contribution in [-0.2, 0) is 0 Å². The van der Waals surface area contributed by atoms with Crippen molar-refractivity contribution in [2.75, 3.05) is 31.0 Å². The zero-order valence-electron chi connectivity index (χ0n) is 17.6. The lowest BCUT2D eigenvalue weighted by Gasteiger charge is -2.25. The highest BCUT2D eigenvalue weighted by Crippen LogP contribution is 2.43. The molecule has 0 saturated heterocycles. The molecule has 3 aromatic rings. The third-order valence-electron chi connectivity index (χ3n) is 6.52. The van der Waals surface area contributed by atoms with Crippen LogP contribution in [0.3, 0.4) is 0 Å². The number of benzene rings is 1. The number of nitrogens with zero attached hydrogens (tertiary/aromatic N) is 3. The molecule has 6 heteroatoms. The summed E-state index contributed by atoms with van der Waals surface area (Å²) in [5, 5.41) is 6.21. The number of ether oxygens (including phenoxy) is 2. The molecule has 0 radical (unpaired) electrons. The Morgan fingerprint density at radius 1 is 1.07 bits per heavy atom. The fourth-order valence-electron chi connectivity index (χ4n) is 4.55. The van der Waals surface area contributed by atoms with Crippen molar-refractivity contribution in [1.29, 1.82) is 0 Å². The smallest absolute Gasteiger partial charge is 0.231 e. The van der Waals surface area contributed by atoms with E-state index in [0.29, 0.717) is 6.79 Å². The van der Waals surface area contributed by atoms with E-state index in [2.05, 4.69) is 46.9 Å². The van der Waals surface area contributed by atoms with E-state index in [-0.39, 0.29) is 0 Å². The second-order valence-electron chi connectivity index (χ2n) is 8.83. The van der Waals surface area contributed by atoms with Crippen molar-refractivity contribution < 1.29 is 9.47 Å². The first-order chi connectivity index (χ1) is 14.7. The average molecular weight is 422 g/mol. The lowest BCUT2D eigenvalue weighted by atomic mass is 10.0. The largest absolute Gasteiger partial charge is 0.454 e. The van der Waals surface area contributed by atoms with Crippen molar-refractivity contribution in [3.05, 3.63) is 35.9 Å². The molecule has 3 heterocycles. The van der Waals surface area contributed by atoms with Gasteiger partial charge >= 0.3 is 0 Å². The average Bonchev–Trinajstić information content (AvgIpc) is 3.66. The molecule has 2 saturated carbocycles. The summed E-state index contributed by atoms with van der Waals surface area (Å²) in [5.74, 6) is 3.39. The second-order valence-corrected chi connectivity index (χ2v) is 9.62. The van der Waals surface area contributed by atoms with Crippen LogP contribution in [-0.4, -0.2) is 35.8 Å².